The lowest BCUT2D eigenvalue weighted by Gasteiger charge is -2.25. The lowest BCUT2D eigenvalue weighted by atomic mass is 10.00. The van der Waals surface area contributed by atoms with Gasteiger partial charge in [-0.25, -0.2) is 14.2 Å². The van der Waals surface area contributed by atoms with Crippen LogP contribution in [0.4, 0.5) is 9.18 Å². The van der Waals surface area contributed by atoms with Crippen LogP contribution >= 0.6 is 0 Å². The molecular formula is C23H24FN3O4. The van der Waals surface area contributed by atoms with Crippen molar-refractivity contribution in [3.8, 4) is 11.3 Å². The number of carbonyl (C=O) groups is 1. The van der Waals surface area contributed by atoms with Crippen molar-refractivity contribution in [2.24, 2.45) is 0 Å². The summed E-state index contributed by atoms with van der Waals surface area (Å²) in [5, 5.41) is 13.1. The number of likely N-dealkylation sites (N-methyl/N-ethyl adjacent to an activating group) is 1. The molecule has 3 atom stereocenters. The third kappa shape index (κ3) is 5.10. The lowest BCUT2D eigenvalue weighted by Crippen LogP contribution is -2.41. The number of oxazole rings is 1. The van der Waals surface area contributed by atoms with Gasteiger partial charge in [0.1, 0.15) is 18.0 Å². The van der Waals surface area contributed by atoms with Gasteiger partial charge in [-0.2, -0.15) is 0 Å². The number of β-amino-alcohol motifs (C(OH)–C–C–N with tert-alkyl or cyclic N) is 1. The summed E-state index contributed by atoms with van der Waals surface area (Å²) >= 11 is 0. The van der Waals surface area contributed by atoms with Crippen LogP contribution in [-0.2, 0) is 17.7 Å². The Labute approximate surface area is 179 Å². The van der Waals surface area contributed by atoms with Crippen molar-refractivity contribution in [1.82, 2.24) is 15.2 Å². The quantitative estimate of drug-likeness (QED) is 0.631. The number of aliphatic hydroxyl groups excluding tert-OH is 1. The monoisotopic (exact) mass is 425 g/mol. The van der Waals surface area contributed by atoms with Crippen molar-refractivity contribution < 1.29 is 23.4 Å². The molecule has 1 aliphatic heterocycles. The number of aliphatic hydroxyl groups is 1. The summed E-state index contributed by atoms with van der Waals surface area (Å²) in [6.07, 6.45) is 1.54. The zero-order valence-corrected chi connectivity index (χ0v) is 17.1. The van der Waals surface area contributed by atoms with Crippen molar-refractivity contribution in [2.45, 2.75) is 31.2 Å². The lowest BCUT2D eigenvalue weighted by molar-refractivity contribution is 0.0164. The molecule has 31 heavy (non-hydrogen) atoms. The summed E-state index contributed by atoms with van der Waals surface area (Å²) in [7, 11) is 1.89. The molecule has 0 bridgehead atoms. The highest BCUT2D eigenvalue weighted by molar-refractivity contribution is 5.67. The van der Waals surface area contributed by atoms with Crippen LogP contribution < -0.4 is 5.32 Å². The van der Waals surface area contributed by atoms with E-state index in [1.807, 2.05) is 36.2 Å². The van der Waals surface area contributed by atoms with Crippen molar-refractivity contribution in [3.63, 3.8) is 0 Å². The molecule has 1 aromatic heterocycles. The Hall–Kier alpha value is -3.23. The minimum Gasteiger partial charge on any atom is -0.444 e. The van der Waals surface area contributed by atoms with E-state index < -0.39 is 18.3 Å². The third-order valence-electron chi connectivity index (χ3n) is 5.48. The third-order valence-corrected chi connectivity index (χ3v) is 5.48. The van der Waals surface area contributed by atoms with E-state index in [2.05, 4.69) is 10.3 Å². The summed E-state index contributed by atoms with van der Waals surface area (Å²) < 4.78 is 24.1. The Bertz CT molecular complexity index is 1010. The molecule has 2 aromatic carbocycles. The molecule has 0 unspecified atom stereocenters. The number of hydrogen-bond acceptors (Lipinski definition) is 6. The Morgan fingerprint density at radius 3 is 2.81 bits per heavy atom. The zero-order chi connectivity index (χ0) is 21.8. The highest BCUT2D eigenvalue weighted by atomic mass is 19.1. The van der Waals surface area contributed by atoms with Gasteiger partial charge >= 0.3 is 6.09 Å². The number of hydrogen-bond donors (Lipinski definition) is 2. The van der Waals surface area contributed by atoms with Crippen LogP contribution in [0, 0.1) is 5.82 Å². The minimum atomic E-state index is -0.789. The first-order valence-corrected chi connectivity index (χ1v) is 10.0. The van der Waals surface area contributed by atoms with Gasteiger partial charge < -0.3 is 19.6 Å². The molecule has 1 saturated heterocycles. The van der Waals surface area contributed by atoms with Crippen LogP contribution in [-0.4, -0.2) is 52.9 Å². The number of carbonyl (C=O) groups excluding carboxylic acids is 1. The van der Waals surface area contributed by atoms with Gasteiger partial charge in [0.15, 0.2) is 12.2 Å². The fraction of sp³-hybridized carbons (Fsp3) is 0.304. The molecule has 4 rings (SSSR count). The van der Waals surface area contributed by atoms with Crippen LogP contribution in [0.1, 0.15) is 11.1 Å². The topological polar surface area (TPSA) is 87.8 Å². The number of amides is 1. The number of halogens is 1. The second-order valence-electron chi connectivity index (χ2n) is 7.69. The number of benzene rings is 2. The molecule has 1 aliphatic rings. The molecule has 0 spiro atoms. The maximum absolute atomic E-state index is 13.3. The summed E-state index contributed by atoms with van der Waals surface area (Å²) in [4.78, 5) is 18.2. The maximum Gasteiger partial charge on any atom is 0.407 e. The van der Waals surface area contributed by atoms with E-state index in [1.54, 1.807) is 18.3 Å². The fourth-order valence-electron chi connectivity index (χ4n) is 3.86. The molecule has 8 heteroatoms. The fourth-order valence-corrected chi connectivity index (χ4v) is 3.86. The van der Waals surface area contributed by atoms with Crippen molar-refractivity contribution in [2.75, 3.05) is 13.6 Å². The maximum atomic E-state index is 13.3. The number of nitrogens with zero attached hydrogens (tertiary/aromatic N) is 2. The van der Waals surface area contributed by atoms with Gasteiger partial charge in [0.05, 0.1) is 12.2 Å². The van der Waals surface area contributed by atoms with Crippen LogP contribution in [0.3, 0.4) is 0 Å². The second kappa shape index (κ2) is 9.28. The van der Waals surface area contributed by atoms with Gasteiger partial charge in [-0.15, -0.1) is 0 Å². The van der Waals surface area contributed by atoms with E-state index in [0.717, 1.165) is 11.1 Å². The van der Waals surface area contributed by atoms with Crippen LogP contribution in [0.15, 0.2) is 65.5 Å². The smallest absolute Gasteiger partial charge is 0.407 e. The van der Waals surface area contributed by atoms with E-state index in [9.17, 15) is 14.3 Å². The van der Waals surface area contributed by atoms with Crippen molar-refractivity contribution >= 4 is 6.09 Å². The highest BCUT2D eigenvalue weighted by Gasteiger charge is 2.41. The minimum absolute atomic E-state index is 0.142. The highest BCUT2D eigenvalue weighted by Crippen LogP contribution is 2.25. The molecular weight excluding hydrogens is 401 g/mol. The number of likely N-dealkylation sites (tertiary alicyclic amines) is 1. The van der Waals surface area contributed by atoms with E-state index in [0.29, 0.717) is 24.3 Å². The van der Waals surface area contributed by atoms with E-state index >= 15 is 0 Å². The van der Waals surface area contributed by atoms with Crippen LogP contribution in [0.25, 0.3) is 11.3 Å². The molecule has 1 amide bonds. The molecule has 3 aromatic rings. The normalized spacial score (nSPS) is 21.2. The average molecular weight is 425 g/mol. The second-order valence-corrected chi connectivity index (χ2v) is 7.69. The summed E-state index contributed by atoms with van der Waals surface area (Å²) in [6.45, 7) is 0.547. The Kier molecular flexibility index (Phi) is 6.29. The van der Waals surface area contributed by atoms with Crippen molar-refractivity contribution in [1.29, 1.82) is 0 Å². The van der Waals surface area contributed by atoms with Crippen molar-refractivity contribution in [3.05, 3.63) is 78.1 Å². The van der Waals surface area contributed by atoms with Gasteiger partial charge in [0, 0.05) is 18.7 Å². The first kappa shape index (κ1) is 21.0. The molecule has 0 saturated carbocycles. The number of rotatable bonds is 6. The van der Waals surface area contributed by atoms with Gasteiger partial charge in [-0.3, -0.25) is 4.90 Å². The number of nitrogens with one attached hydrogen (secondary N) is 1. The van der Waals surface area contributed by atoms with Crippen LogP contribution in [0.5, 0.6) is 0 Å². The van der Waals surface area contributed by atoms with Gasteiger partial charge in [-0.1, -0.05) is 36.4 Å². The van der Waals surface area contributed by atoms with Gasteiger partial charge in [-0.05, 0) is 36.7 Å². The summed E-state index contributed by atoms with van der Waals surface area (Å²) in [5.41, 5.74) is 2.60. The number of alkyl carbamates (subject to hydrolysis) is 1. The van der Waals surface area contributed by atoms with Gasteiger partial charge in [0.2, 0.25) is 0 Å². The first-order chi connectivity index (χ1) is 15.0. The Balaban J connectivity index is 1.37. The van der Waals surface area contributed by atoms with E-state index in [4.69, 9.17) is 9.15 Å². The summed E-state index contributed by atoms with van der Waals surface area (Å²) in [6, 6.07) is 13.7. The molecule has 0 aliphatic carbocycles. The van der Waals surface area contributed by atoms with E-state index in [-0.39, 0.29) is 18.4 Å². The standard InChI is InChI=1S/C23H24FN3O4/c1-27-13-20(28)22(31-23(29)26-11-16-3-2-4-18(24)9-16)19(27)10-15-5-7-17(8-6-15)21-12-25-14-30-21/h2-9,12,14,19-20,22,28H,10-11,13H2,1H3,(H,26,29)/t19-,20+,22+/m1/s1. The largest absolute Gasteiger partial charge is 0.444 e. The summed E-state index contributed by atoms with van der Waals surface area (Å²) in [5.74, 6) is 0.325. The zero-order valence-electron chi connectivity index (χ0n) is 17.1. The molecule has 1 fully saturated rings. The predicted molar refractivity (Wildman–Crippen MR) is 112 cm³/mol. The molecule has 162 valence electrons. The number of ether oxygens (including phenoxy) is 1. The van der Waals surface area contributed by atoms with Gasteiger partial charge in [0.25, 0.3) is 0 Å². The Morgan fingerprint density at radius 2 is 2.10 bits per heavy atom. The van der Waals surface area contributed by atoms with Crippen LogP contribution in [0.2, 0.25) is 0 Å². The first-order valence-electron chi connectivity index (χ1n) is 10.0. The predicted octanol–water partition coefficient (Wildman–Crippen LogP) is 2.99. The van der Waals surface area contributed by atoms with E-state index in [1.165, 1.54) is 18.5 Å². The molecule has 2 heterocycles. The molecule has 0 radical (unpaired) electrons. The average Bonchev–Trinajstić information content (AvgIpc) is 3.37. The Morgan fingerprint density at radius 1 is 1.29 bits per heavy atom. The molecule has 2 N–H and O–H groups in total. The SMILES string of the molecule is CN1C[C@H](O)[C@@H](OC(=O)NCc2cccc(F)c2)[C@H]1Cc1ccc(-c2cnco2)cc1. The molecule has 7 nitrogen and oxygen atoms in total. The number of aromatic nitrogens is 1.